The number of esters is 1. The van der Waals surface area contributed by atoms with E-state index >= 15 is 0 Å². The molecule has 0 aliphatic carbocycles. The number of alkyl halides is 2. The van der Waals surface area contributed by atoms with Crippen LogP contribution in [0.3, 0.4) is 0 Å². The van der Waals surface area contributed by atoms with Gasteiger partial charge in [-0.3, -0.25) is 4.79 Å². The summed E-state index contributed by atoms with van der Waals surface area (Å²) in [4.78, 5) is 10.9. The molecule has 6 heteroatoms. The van der Waals surface area contributed by atoms with Crippen molar-refractivity contribution in [2.24, 2.45) is 0 Å². The van der Waals surface area contributed by atoms with Crippen molar-refractivity contribution in [3.8, 4) is 0 Å². The van der Waals surface area contributed by atoms with E-state index in [1.807, 2.05) is 0 Å². The van der Waals surface area contributed by atoms with Gasteiger partial charge < -0.3 is 14.8 Å². The van der Waals surface area contributed by atoms with Crippen LogP contribution >= 0.6 is 15.9 Å². The molecule has 1 saturated heterocycles. The van der Waals surface area contributed by atoms with Crippen molar-refractivity contribution in [3.05, 3.63) is 0 Å². The Morgan fingerprint density at radius 2 is 2.20 bits per heavy atom. The molecule has 0 aromatic carbocycles. The zero-order valence-electron chi connectivity index (χ0n) is 8.87. The molecule has 0 spiro atoms. The Kier molecular flexibility index (Phi) is 4.48. The fourth-order valence-corrected chi connectivity index (χ4v) is 2.35. The summed E-state index contributed by atoms with van der Waals surface area (Å²) >= 11 is 3.06. The minimum Gasteiger partial charge on any atom is -0.458 e. The van der Waals surface area contributed by atoms with Gasteiger partial charge in [0.15, 0.2) is 12.3 Å². The van der Waals surface area contributed by atoms with E-state index in [4.69, 9.17) is 9.47 Å². The second kappa shape index (κ2) is 5.23. The normalized spacial score (nSPS) is 41.3. The van der Waals surface area contributed by atoms with Gasteiger partial charge in [0.25, 0.3) is 0 Å². The lowest BCUT2D eigenvalue weighted by molar-refractivity contribution is -0.170. The van der Waals surface area contributed by atoms with E-state index in [1.165, 1.54) is 6.92 Å². The number of nitrogens with one attached hydrogen (secondary N) is 1. The molecule has 5 atom stereocenters. The SMILES string of the molecule is CNC1C(C)OC(Br)C(F)C1OC(C)=O. The maximum atomic E-state index is 13.7. The molecule has 1 aliphatic heterocycles. The molecule has 0 radical (unpaired) electrons. The smallest absolute Gasteiger partial charge is 0.303 e. The molecular formula is C9H15BrFNO3. The number of halogens is 2. The Balaban J connectivity index is 2.78. The third-order valence-electron chi connectivity index (χ3n) is 2.40. The number of hydrogen-bond donors (Lipinski definition) is 1. The first-order valence-electron chi connectivity index (χ1n) is 4.75. The second-order valence-electron chi connectivity index (χ2n) is 3.53. The van der Waals surface area contributed by atoms with Crippen LogP contribution < -0.4 is 5.32 Å². The molecule has 1 rings (SSSR count). The van der Waals surface area contributed by atoms with Crippen LogP contribution in [0.4, 0.5) is 4.39 Å². The van der Waals surface area contributed by atoms with Gasteiger partial charge in [0.1, 0.15) is 5.01 Å². The minimum absolute atomic E-state index is 0.226. The number of hydrogen-bond acceptors (Lipinski definition) is 4. The molecule has 15 heavy (non-hydrogen) atoms. The maximum absolute atomic E-state index is 13.7. The van der Waals surface area contributed by atoms with Gasteiger partial charge in [0.05, 0.1) is 12.1 Å². The predicted molar refractivity (Wildman–Crippen MR) is 56.6 cm³/mol. The maximum Gasteiger partial charge on any atom is 0.303 e. The first kappa shape index (κ1) is 12.9. The topological polar surface area (TPSA) is 47.6 Å². The molecule has 0 aromatic rings. The van der Waals surface area contributed by atoms with Crippen LogP contribution in [0.15, 0.2) is 0 Å². The Hall–Kier alpha value is -0.200. The van der Waals surface area contributed by atoms with Crippen molar-refractivity contribution in [2.45, 2.75) is 43.3 Å². The van der Waals surface area contributed by atoms with E-state index in [2.05, 4.69) is 21.2 Å². The summed E-state index contributed by atoms with van der Waals surface area (Å²) in [7, 11) is 1.68. The first-order valence-corrected chi connectivity index (χ1v) is 5.67. The molecule has 4 nitrogen and oxygen atoms in total. The van der Waals surface area contributed by atoms with E-state index in [0.29, 0.717) is 0 Å². The van der Waals surface area contributed by atoms with Crippen molar-refractivity contribution in [2.75, 3.05) is 7.05 Å². The van der Waals surface area contributed by atoms with Gasteiger partial charge in [-0.1, -0.05) is 15.9 Å². The number of likely N-dealkylation sites (N-methyl/N-ethyl adjacent to an activating group) is 1. The molecule has 1 fully saturated rings. The molecule has 0 saturated carbocycles. The van der Waals surface area contributed by atoms with Crippen molar-refractivity contribution in [1.82, 2.24) is 5.32 Å². The highest BCUT2D eigenvalue weighted by Crippen LogP contribution is 2.28. The van der Waals surface area contributed by atoms with Crippen molar-refractivity contribution in [1.29, 1.82) is 0 Å². The molecule has 0 amide bonds. The van der Waals surface area contributed by atoms with Crippen molar-refractivity contribution in [3.63, 3.8) is 0 Å². The summed E-state index contributed by atoms with van der Waals surface area (Å²) < 4.78 is 24.0. The summed E-state index contributed by atoms with van der Waals surface area (Å²) in [6.07, 6.45) is -2.42. The van der Waals surface area contributed by atoms with Crippen LogP contribution in [-0.4, -0.2) is 42.5 Å². The molecule has 88 valence electrons. The number of rotatable bonds is 2. The average Bonchev–Trinajstić information content (AvgIpc) is 2.13. The van der Waals surface area contributed by atoms with Crippen LogP contribution in [0.1, 0.15) is 13.8 Å². The van der Waals surface area contributed by atoms with E-state index < -0.39 is 23.3 Å². The van der Waals surface area contributed by atoms with Gasteiger partial charge in [0.2, 0.25) is 0 Å². The third-order valence-corrected chi connectivity index (χ3v) is 3.12. The van der Waals surface area contributed by atoms with Crippen molar-refractivity contribution >= 4 is 21.9 Å². The largest absolute Gasteiger partial charge is 0.458 e. The zero-order chi connectivity index (χ0) is 11.6. The van der Waals surface area contributed by atoms with Crippen LogP contribution in [0.5, 0.6) is 0 Å². The molecule has 1 N–H and O–H groups in total. The van der Waals surface area contributed by atoms with E-state index in [1.54, 1.807) is 14.0 Å². The summed E-state index contributed by atoms with van der Waals surface area (Å²) in [5, 5.41) is 2.16. The van der Waals surface area contributed by atoms with E-state index in [-0.39, 0.29) is 12.1 Å². The molecule has 0 aromatic heterocycles. The van der Waals surface area contributed by atoms with Gasteiger partial charge in [-0.25, -0.2) is 4.39 Å². The standard InChI is InChI=1S/C9H15BrFNO3/c1-4-7(12-3)8(15-5(2)13)6(11)9(10)14-4/h4,6-9,12H,1-3H3. The van der Waals surface area contributed by atoms with E-state index in [9.17, 15) is 9.18 Å². The van der Waals surface area contributed by atoms with Crippen LogP contribution in [0.2, 0.25) is 0 Å². The van der Waals surface area contributed by atoms with Gasteiger partial charge in [-0.2, -0.15) is 0 Å². The first-order chi connectivity index (χ1) is 6.97. The number of carbonyl (C=O) groups is 1. The lowest BCUT2D eigenvalue weighted by Gasteiger charge is -2.40. The summed E-state index contributed by atoms with van der Waals surface area (Å²) in [5.74, 6) is -0.489. The van der Waals surface area contributed by atoms with Crippen LogP contribution in [0.25, 0.3) is 0 Å². The molecule has 0 bridgehead atoms. The minimum atomic E-state index is -1.37. The highest BCUT2D eigenvalue weighted by atomic mass is 79.9. The summed E-state index contributed by atoms with van der Waals surface area (Å²) in [5.41, 5.74) is 0. The van der Waals surface area contributed by atoms with E-state index in [0.717, 1.165) is 0 Å². The summed E-state index contributed by atoms with van der Waals surface area (Å²) in [6, 6.07) is -0.335. The van der Waals surface area contributed by atoms with Crippen LogP contribution in [-0.2, 0) is 14.3 Å². The number of ether oxygens (including phenoxy) is 2. The lowest BCUT2D eigenvalue weighted by Crippen LogP contribution is -2.59. The Bertz CT molecular complexity index is 241. The second-order valence-corrected chi connectivity index (χ2v) is 4.43. The van der Waals surface area contributed by atoms with Crippen LogP contribution in [0, 0.1) is 0 Å². The highest BCUT2D eigenvalue weighted by Gasteiger charge is 2.45. The third kappa shape index (κ3) is 2.89. The lowest BCUT2D eigenvalue weighted by atomic mass is 9.99. The van der Waals surface area contributed by atoms with Gasteiger partial charge in [-0.15, -0.1) is 0 Å². The fourth-order valence-electron chi connectivity index (χ4n) is 1.71. The molecule has 1 aliphatic rings. The quantitative estimate of drug-likeness (QED) is 0.606. The molecular weight excluding hydrogens is 269 g/mol. The average molecular weight is 284 g/mol. The Morgan fingerprint density at radius 1 is 1.60 bits per heavy atom. The fraction of sp³-hybridized carbons (Fsp3) is 0.889. The molecule has 1 heterocycles. The van der Waals surface area contributed by atoms with Crippen molar-refractivity contribution < 1.29 is 18.7 Å². The highest BCUT2D eigenvalue weighted by molar-refractivity contribution is 9.09. The number of carbonyl (C=O) groups excluding carboxylic acids is 1. The van der Waals surface area contributed by atoms with Gasteiger partial charge in [0, 0.05) is 6.92 Å². The Morgan fingerprint density at radius 3 is 2.67 bits per heavy atom. The molecule has 5 unspecified atom stereocenters. The summed E-state index contributed by atoms with van der Waals surface area (Å²) in [6.45, 7) is 3.07. The monoisotopic (exact) mass is 283 g/mol. The Labute approximate surface area is 96.6 Å². The predicted octanol–water partition coefficient (Wildman–Crippen LogP) is 0.984. The zero-order valence-corrected chi connectivity index (χ0v) is 10.5. The van der Waals surface area contributed by atoms with Gasteiger partial charge >= 0.3 is 5.97 Å². The van der Waals surface area contributed by atoms with Gasteiger partial charge in [-0.05, 0) is 14.0 Å².